The van der Waals surface area contributed by atoms with Crippen LogP contribution in [0.25, 0.3) is 0 Å². The highest BCUT2D eigenvalue weighted by Gasteiger charge is 2.32. The van der Waals surface area contributed by atoms with Crippen LogP contribution in [-0.2, 0) is 9.59 Å². The van der Waals surface area contributed by atoms with Gasteiger partial charge in [-0.15, -0.1) is 0 Å². The third kappa shape index (κ3) is 2.37. The van der Waals surface area contributed by atoms with E-state index in [9.17, 15) is 9.59 Å². The molecule has 13 heavy (non-hydrogen) atoms. The Hall–Kier alpha value is -0.710. The summed E-state index contributed by atoms with van der Waals surface area (Å²) in [4.78, 5) is 22.0. The molecule has 0 bridgehead atoms. The van der Waals surface area contributed by atoms with Gasteiger partial charge in [0.05, 0.1) is 0 Å². The first-order valence-electron chi connectivity index (χ1n) is 4.24. The Balaban J connectivity index is 2.32. The lowest BCUT2D eigenvalue weighted by molar-refractivity contribution is -0.139. The molecular formula is C8H14N2O2S. The van der Waals surface area contributed by atoms with E-state index >= 15 is 0 Å². The summed E-state index contributed by atoms with van der Waals surface area (Å²) in [6, 6.07) is 0.180. The summed E-state index contributed by atoms with van der Waals surface area (Å²) < 4.78 is 0. The van der Waals surface area contributed by atoms with Gasteiger partial charge in [-0.1, -0.05) is 0 Å². The van der Waals surface area contributed by atoms with Gasteiger partial charge >= 0.3 is 11.8 Å². The van der Waals surface area contributed by atoms with Crippen molar-refractivity contribution in [3.05, 3.63) is 0 Å². The van der Waals surface area contributed by atoms with Crippen LogP contribution in [-0.4, -0.2) is 36.4 Å². The molecule has 5 heteroatoms. The fourth-order valence-corrected chi connectivity index (χ4v) is 2.17. The standard InChI is InChI=1S/C8H14N2O2S/c1-9-7(11)8(12)10-5-3-4-6(5)13-2/h5-6H,3-4H2,1-2H3,(H,9,11)(H,10,12). The van der Waals surface area contributed by atoms with Crippen molar-refractivity contribution < 1.29 is 9.59 Å². The van der Waals surface area contributed by atoms with Gasteiger partial charge in [0.25, 0.3) is 0 Å². The van der Waals surface area contributed by atoms with Gasteiger partial charge in [-0.05, 0) is 19.1 Å². The Kier molecular flexibility index (Phi) is 3.59. The van der Waals surface area contributed by atoms with Gasteiger partial charge in [-0.25, -0.2) is 0 Å². The second-order valence-corrected chi connectivity index (χ2v) is 4.09. The third-order valence-corrected chi connectivity index (χ3v) is 3.43. The zero-order valence-corrected chi connectivity index (χ0v) is 8.61. The van der Waals surface area contributed by atoms with E-state index in [0.717, 1.165) is 12.8 Å². The quantitative estimate of drug-likeness (QED) is 0.607. The summed E-state index contributed by atoms with van der Waals surface area (Å²) in [5, 5.41) is 5.47. The molecule has 0 radical (unpaired) electrons. The van der Waals surface area contributed by atoms with Crippen LogP contribution in [0.4, 0.5) is 0 Å². The first-order chi connectivity index (χ1) is 6.19. The number of hydrogen-bond acceptors (Lipinski definition) is 3. The maximum Gasteiger partial charge on any atom is 0.309 e. The molecule has 1 aliphatic rings. The maximum atomic E-state index is 11.1. The van der Waals surface area contributed by atoms with Crippen LogP contribution >= 0.6 is 11.8 Å². The Morgan fingerprint density at radius 3 is 2.38 bits per heavy atom. The minimum atomic E-state index is -0.563. The summed E-state index contributed by atoms with van der Waals surface area (Å²) in [6.45, 7) is 0. The summed E-state index contributed by atoms with van der Waals surface area (Å²) in [5.74, 6) is -1.09. The molecule has 2 unspecified atom stereocenters. The van der Waals surface area contributed by atoms with Crippen LogP contribution in [0.2, 0.25) is 0 Å². The molecule has 2 amide bonds. The van der Waals surface area contributed by atoms with Gasteiger partial charge in [0.2, 0.25) is 0 Å². The third-order valence-electron chi connectivity index (χ3n) is 2.26. The van der Waals surface area contributed by atoms with Crippen molar-refractivity contribution in [1.82, 2.24) is 10.6 Å². The predicted molar refractivity (Wildman–Crippen MR) is 52.5 cm³/mol. The van der Waals surface area contributed by atoms with Crippen molar-refractivity contribution in [2.45, 2.75) is 24.1 Å². The monoisotopic (exact) mass is 202 g/mol. The van der Waals surface area contributed by atoms with E-state index in [1.165, 1.54) is 7.05 Å². The number of rotatable bonds is 2. The minimum Gasteiger partial charge on any atom is -0.351 e. The van der Waals surface area contributed by atoms with Crippen LogP contribution in [0.3, 0.4) is 0 Å². The van der Waals surface area contributed by atoms with Gasteiger partial charge in [0.1, 0.15) is 0 Å². The molecule has 0 aromatic heterocycles. The first-order valence-corrected chi connectivity index (χ1v) is 5.53. The van der Waals surface area contributed by atoms with Gasteiger partial charge in [0, 0.05) is 18.3 Å². The van der Waals surface area contributed by atoms with Crippen molar-refractivity contribution in [1.29, 1.82) is 0 Å². The molecule has 1 aliphatic carbocycles. The number of nitrogens with one attached hydrogen (secondary N) is 2. The molecule has 0 aromatic carbocycles. The average molecular weight is 202 g/mol. The zero-order valence-electron chi connectivity index (χ0n) is 7.79. The van der Waals surface area contributed by atoms with E-state index in [1.807, 2.05) is 6.26 Å². The zero-order chi connectivity index (χ0) is 9.84. The largest absolute Gasteiger partial charge is 0.351 e. The number of thioether (sulfide) groups is 1. The molecule has 0 aromatic rings. The van der Waals surface area contributed by atoms with Crippen molar-refractivity contribution in [2.75, 3.05) is 13.3 Å². The highest BCUT2D eigenvalue weighted by atomic mass is 32.2. The van der Waals surface area contributed by atoms with Crippen LogP contribution in [0.5, 0.6) is 0 Å². The molecule has 1 rings (SSSR count). The lowest BCUT2D eigenvalue weighted by Crippen LogP contribution is -2.52. The second-order valence-electron chi connectivity index (χ2n) is 3.01. The second kappa shape index (κ2) is 4.50. The minimum absolute atomic E-state index is 0.180. The van der Waals surface area contributed by atoms with Crippen molar-refractivity contribution >= 4 is 23.6 Å². The number of amides is 2. The van der Waals surface area contributed by atoms with Gasteiger partial charge in [-0.2, -0.15) is 11.8 Å². The average Bonchev–Trinajstić information content (AvgIpc) is 2.11. The Morgan fingerprint density at radius 1 is 1.31 bits per heavy atom. The SMILES string of the molecule is CNC(=O)C(=O)NC1CCC1SC. The molecule has 0 spiro atoms. The van der Waals surface area contributed by atoms with Gasteiger partial charge in [0.15, 0.2) is 0 Å². The smallest absolute Gasteiger partial charge is 0.309 e. The van der Waals surface area contributed by atoms with E-state index in [0.29, 0.717) is 5.25 Å². The Morgan fingerprint density at radius 2 is 2.00 bits per heavy atom. The molecule has 0 aliphatic heterocycles. The number of likely N-dealkylation sites (N-methyl/N-ethyl adjacent to an activating group) is 1. The molecule has 2 N–H and O–H groups in total. The normalized spacial score (nSPS) is 26.0. The molecule has 2 atom stereocenters. The lowest BCUT2D eigenvalue weighted by Gasteiger charge is -2.35. The van der Waals surface area contributed by atoms with E-state index in [2.05, 4.69) is 10.6 Å². The van der Waals surface area contributed by atoms with Crippen molar-refractivity contribution in [2.24, 2.45) is 0 Å². The Labute approximate surface area is 81.8 Å². The maximum absolute atomic E-state index is 11.1. The lowest BCUT2D eigenvalue weighted by atomic mass is 9.92. The van der Waals surface area contributed by atoms with Crippen LogP contribution in [0.1, 0.15) is 12.8 Å². The molecule has 1 fully saturated rings. The first kappa shape index (κ1) is 10.4. The summed E-state index contributed by atoms with van der Waals surface area (Å²) in [6.07, 6.45) is 4.12. The summed E-state index contributed by atoms with van der Waals surface area (Å²) in [5.41, 5.74) is 0. The van der Waals surface area contributed by atoms with Crippen LogP contribution in [0, 0.1) is 0 Å². The van der Waals surface area contributed by atoms with Crippen LogP contribution in [0.15, 0.2) is 0 Å². The van der Waals surface area contributed by atoms with E-state index < -0.39 is 11.8 Å². The predicted octanol–water partition coefficient (Wildman–Crippen LogP) is -0.257. The van der Waals surface area contributed by atoms with E-state index in [1.54, 1.807) is 11.8 Å². The number of carbonyl (C=O) groups is 2. The topological polar surface area (TPSA) is 58.2 Å². The van der Waals surface area contributed by atoms with E-state index in [-0.39, 0.29) is 6.04 Å². The van der Waals surface area contributed by atoms with Crippen molar-refractivity contribution in [3.63, 3.8) is 0 Å². The fourth-order valence-electron chi connectivity index (χ4n) is 1.26. The van der Waals surface area contributed by atoms with Gasteiger partial charge < -0.3 is 10.6 Å². The fraction of sp³-hybridized carbons (Fsp3) is 0.750. The van der Waals surface area contributed by atoms with Crippen molar-refractivity contribution in [3.8, 4) is 0 Å². The number of hydrogen-bond donors (Lipinski definition) is 2. The highest BCUT2D eigenvalue weighted by molar-refractivity contribution is 7.99. The molecular weight excluding hydrogens is 188 g/mol. The molecule has 4 nitrogen and oxygen atoms in total. The Bertz CT molecular complexity index is 218. The van der Waals surface area contributed by atoms with E-state index in [4.69, 9.17) is 0 Å². The molecule has 1 saturated carbocycles. The highest BCUT2D eigenvalue weighted by Crippen LogP contribution is 2.29. The molecule has 74 valence electrons. The molecule has 0 heterocycles. The summed E-state index contributed by atoms with van der Waals surface area (Å²) in [7, 11) is 1.45. The number of carbonyl (C=O) groups excluding carboxylic acids is 2. The van der Waals surface area contributed by atoms with Crippen LogP contribution < -0.4 is 10.6 Å². The molecule has 0 saturated heterocycles. The summed E-state index contributed by atoms with van der Waals surface area (Å²) >= 11 is 1.73. The van der Waals surface area contributed by atoms with Gasteiger partial charge in [-0.3, -0.25) is 9.59 Å².